The van der Waals surface area contributed by atoms with E-state index < -0.39 is 24.2 Å². The minimum atomic E-state index is -4.62. The Hall–Kier alpha value is -3.20. The second kappa shape index (κ2) is 9.45. The molecule has 1 amide bonds. The van der Waals surface area contributed by atoms with Crippen molar-refractivity contribution in [3.8, 4) is 0 Å². The summed E-state index contributed by atoms with van der Waals surface area (Å²) in [4.78, 5) is 22.5. The zero-order valence-electron chi connectivity index (χ0n) is 19.4. The van der Waals surface area contributed by atoms with Gasteiger partial charge in [0.15, 0.2) is 6.04 Å². The molecule has 2 atom stereocenters. The normalized spacial score (nSPS) is 19.4. The molecule has 1 unspecified atom stereocenters. The number of alkyl halides is 3. The standard InChI is InChI=1S/C26H27F3N4O2/c1-33(25(34)21-6-2-3-14-35-21)24(26(27,28)29)17-9-11-18(12-10-17)32-20-15-31-19-5-4-13-30-23(19)22(20)16-7-8-16/h4-5,9-13,15-16,21,24,32H,2-3,6-8,14H2,1H3/t21?,24-/m0/s1. The van der Waals surface area contributed by atoms with E-state index in [0.29, 0.717) is 24.6 Å². The van der Waals surface area contributed by atoms with Crippen molar-refractivity contribution in [1.82, 2.24) is 14.9 Å². The van der Waals surface area contributed by atoms with Gasteiger partial charge in [0, 0.05) is 31.1 Å². The van der Waals surface area contributed by atoms with Crippen LogP contribution in [-0.4, -0.2) is 46.7 Å². The van der Waals surface area contributed by atoms with Gasteiger partial charge >= 0.3 is 6.18 Å². The van der Waals surface area contributed by atoms with Gasteiger partial charge in [-0.2, -0.15) is 13.2 Å². The summed E-state index contributed by atoms with van der Waals surface area (Å²) in [5.74, 6) is -0.244. The SMILES string of the molecule is CN(C(=O)C1CCCCO1)[C@@H](c1ccc(Nc2cnc3cccnc3c2C2CC2)cc1)C(F)(F)F. The fourth-order valence-corrected chi connectivity index (χ4v) is 4.75. The van der Waals surface area contributed by atoms with E-state index in [0.717, 1.165) is 52.9 Å². The summed E-state index contributed by atoms with van der Waals surface area (Å²) in [7, 11) is 1.19. The van der Waals surface area contributed by atoms with Crippen molar-refractivity contribution in [2.45, 2.75) is 56.3 Å². The van der Waals surface area contributed by atoms with Crippen molar-refractivity contribution in [3.63, 3.8) is 0 Å². The fourth-order valence-electron chi connectivity index (χ4n) is 4.75. The van der Waals surface area contributed by atoms with E-state index in [1.54, 1.807) is 24.5 Å². The second-order valence-electron chi connectivity index (χ2n) is 9.23. The van der Waals surface area contributed by atoms with Gasteiger partial charge in [0.25, 0.3) is 5.91 Å². The third kappa shape index (κ3) is 4.96. The number of hydrogen-bond acceptors (Lipinski definition) is 5. The van der Waals surface area contributed by atoms with Crippen molar-refractivity contribution in [2.24, 2.45) is 0 Å². The number of benzene rings is 1. The van der Waals surface area contributed by atoms with E-state index in [1.165, 1.54) is 19.2 Å². The number of fused-ring (bicyclic) bond motifs is 1. The number of carbonyl (C=O) groups excluding carboxylic acids is 1. The second-order valence-corrected chi connectivity index (χ2v) is 9.23. The van der Waals surface area contributed by atoms with Gasteiger partial charge in [-0.25, -0.2) is 0 Å². The summed E-state index contributed by atoms with van der Waals surface area (Å²) < 4.78 is 47.6. The van der Waals surface area contributed by atoms with Gasteiger partial charge in [0.1, 0.15) is 6.10 Å². The largest absolute Gasteiger partial charge is 0.413 e. The van der Waals surface area contributed by atoms with Gasteiger partial charge in [0.2, 0.25) is 0 Å². The van der Waals surface area contributed by atoms with Gasteiger partial charge in [-0.1, -0.05) is 12.1 Å². The maximum Gasteiger partial charge on any atom is 0.413 e. The topological polar surface area (TPSA) is 67.3 Å². The van der Waals surface area contributed by atoms with E-state index in [1.807, 2.05) is 12.1 Å². The molecule has 1 aliphatic carbocycles. The predicted octanol–water partition coefficient (Wildman–Crippen LogP) is 5.88. The molecule has 184 valence electrons. The summed E-state index contributed by atoms with van der Waals surface area (Å²) in [6.45, 7) is 0.392. The number of aromatic nitrogens is 2. The molecule has 9 heteroatoms. The number of nitrogens with zero attached hydrogens (tertiary/aromatic N) is 3. The number of likely N-dealkylation sites (N-methyl/N-ethyl adjacent to an activating group) is 1. The molecule has 1 aliphatic heterocycles. The molecule has 3 heterocycles. The molecule has 0 spiro atoms. The molecular weight excluding hydrogens is 457 g/mol. The van der Waals surface area contributed by atoms with Crippen LogP contribution in [0.2, 0.25) is 0 Å². The van der Waals surface area contributed by atoms with Crippen LogP contribution in [0.15, 0.2) is 48.8 Å². The monoisotopic (exact) mass is 484 g/mol. The maximum absolute atomic E-state index is 14.1. The van der Waals surface area contributed by atoms with E-state index in [2.05, 4.69) is 15.3 Å². The Balaban J connectivity index is 1.39. The fraction of sp³-hybridized carbons (Fsp3) is 0.423. The number of ether oxygens (including phenoxy) is 1. The summed E-state index contributed by atoms with van der Waals surface area (Å²) >= 11 is 0. The number of carbonyl (C=O) groups is 1. The maximum atomic E-state index is 14.1. The van der Waals surface area contributed by atoms with Crippen molar-refractivity contribution < 1.29 is 22.7 Å². The average molecular weight is 485 g/mol. The van der Waals surface area contributed by atoms with Crippen LogP contribution in [0.5, 0.6) is 0 Å². The van der Waals surface area contributed by atoms with Crippen molar-refractivity contribution in [3.05, 3.63) is 59.9 Å². The van der Waals surface area contributed by atoms with Crippen LogP contribution in [0, 0.1) is 0 Å². The van der Waals surface area contributed by atoms with Crippen molar-refractivity contribution >= 4 is 28.3 Å². The quantitative estimate of drug-likeness (QED) is 0.473. The molecular formula is C26H27F3N4O2. The molecule has 2 fully saturated rings. The molecule has 0 radical (unpaired) electrons. The summed E-state index contributed by atoms with van der Waals surface area (Å²) in [5, 5.41) is 3.31. The average Bonchev–Trinajstić information content (AvgIpc) is 3.69. The van der Waals surface area contributed by atoms with Crippen LogP contribution in [0.3, 0.4) is 0 Å². The Bertz CT molecular complexity index is 1210. The zero-order valence-corrected chi connectivity index (χ0v) is 19.4. The van der Waals surface area contributed by atoms with Gasteiger partial charge in [-0.15, -0.1) is 0 Å². The Morgan fingerprint density at radius 2 is 1.89 bits per heavy atom. The summed E-state index contributed by atoms with van der Waals surface area (Å²) in [6.07, 6.45) is 2.20. The number of amides is 1. The summed E-state index contributed by atoms with van der Waals surface area (Å²) in [6, 6.07) is 7.73. The van der Waals surface area contributed by atoms with E-state index >= 15 is 0 Å². The highest BCUT2D eigenvalue weighted by atomic mass is 19.4. The highest BCUT2D eigenvalue weighted by Gasteiger charge is 2.46. The van der Waals surface area contributed by atoms with Crippen LogP contribution in [0.25, 0.3) is 11.0 Å². The lowest BCUT2D eigenvalue weighted by Crippen LogP contribution is -2.46. The number of hydrogen-bond donors (Lipinski definition) is 1. The van der Waals surface area contributed by atoms with E-state index in [9.17, 15) is 18.0 Å². The van der Waals surface area contributed by atoms with Gasteiger partial charge in [-0.05, 0) is 67.9 Å². The third-order valence-electron chi connectivity index (χ3n) is 6.66. The first-order valence-electron chi connectivity index (χ1n) is 11.9. The van der Waals surface area contributed by atoms with Crippen molar-refractivity contribution in [1.29, 1.82) is 0 Å². The minimum Gasteiger partial charge on any atom is -0.368 e. The Kier molecular flexibility index (Phi) is 6.35. The Morgan fingerprint density at radius 1 is 1.11 bits per heavy atom. The molecule has 2 aromatic heterocycles. The van der Waals surface area contributed by atoms with Crippen LogP contribution < -0.4 is 5.32 Å². The molecule has 5 rings (SSSR count). The predicted molar refractivity (Wildman–Crippen MR) is 126 cm³/mol. The highest BCUT2D eigenvalue weighted by molar-refractivity contribution is 5.85. The van der Waals surface area contributed by atoms with Crippen LogP contribution in [-0.2, 0) is 9.53 Å². The molecule has 3 aromatic rings. The smallest absolute Gasteiger partial charge is 0.368 e. The van der Waals surface area contributed by atoms with Gasteiger partial charge in [-0.3, -0.25) is 14.8 Å². The lowest BCUT2D eigenvalue weighted by atomic mass is 10.0. The van der Waals surface area contributed by atoms with E-state index in [4.69, 9.17) is 4.74 Å². The number of halogens is 3. The molecule has 1 saturated heterocycles. The molecule has 1 aromatic carbocycles. The number of rotatable bonds is 6. The Morgan fingerprint density at radius 3 is 2.54 bits per heavy atom. The zero-order chi connectivity index (χ0) is 24.6. The number of nitrogens with one attached hydrogen (secondary N) is 1. The summed E-state index contributed by atoms with van der Waals surface area (Å²) in [5.41, 5.74) is 4.19. The van der Waals surface area contributed by atoms with E-state index in [-0.39, 0.29) is 5.56 Å². The first kappa shape index (κ1) is 23.5. The number of anilines is 2. The van der Waals surface area contributed by atoms with Gasteiger partial charge in [0.05, 0.1) is 22.9 Å². The Labute approximate surface area is 201 Å². The van der Waals surface area contributed by atoms with Crippen molar-refractivity contribution in [2.75, 3.05) is 19.0 Å². The first-order chi connectivity index (χ1) is 16.8. The minimum absolute atomic E-state index is 0.00423. The molecule has 35 heavy (non-hydrogen) atoms. The van der Waals surface area contributed by atoms with Crippen LogP contribution >= 0.6 is 0 Å². The molecule has 1 saturated carbocycles. The molecule has 0 bridgehead atoms. The lowest BCUT2D eigenvalue weighted by molar-refractivity contribution is -0.194. The van der Waals surface area contributed by atoms with Crippen LogP contribution in [0.1, 0.15) is 55.2 Å². The molecule has 6 nitrogen and oxygen atoms in total. The van der Waals surface area contributed by atoms with Crippen LogP contribution in [0.4, 0.5) is 24.5 Å². The molecule has 2 aliphatic rings. The first-order valence-corrected chi connectivity index (χ1v) is 11.9. The third-order valence-corrected chi connectivity index (χ3v) is 6.66. The van der Waals surface area contributed by atoms with Gasteiger partial charge < -0.3 is 15.0 Å². The molecule has 1 N–H and O–H groups in total. The number of pyridine rings is 2. The lowest BCUT2D eigenvalue weighted by Gasteiger charge is -2.34. The highest BCUT2D eigenvalue weighted by Crippen LogP contribution is 2.46.